The van der Waals surface area contributed by atoms with Gasteiger partial charge < -0.3 is 65.1 Å². The normalized spacial score (nSPS) is 24.2. The zero-order valence-corrected chi connectivity index (χ0v) is 51.8. The van der Waals surface area contributed by atoms with Gasteiger partial charge in [0.2, 0.25) is 5.91 Å². The quantitative estimate of drug-likeness (QED) is 0.0204. The van der Waals surface area contributed by atoms with Crippen molar-refractivity contribution in [3.63, 3.8) is 0 Å². The number of amides is 1. The third-order valence-corrected chi connectivity index (χ3v) is 16.9. The van der Waals surface area contributed by atoms with Gasteiger partial charge in [0.1, 0.15) is 48.8 Å². The van der Waals surface area contributed by atoms with Crippen molar-refractivity contribution in [3.05, 3.63) is 24.3 Å². The van der Waals surface area contributed by atoms with Gasteiger partial charge in [-0.25, -0.2) is 0 Å². The van der Waals surface area contributed by atoms with E-state index >= 15 is 0 Å². The highest BCUT2D eigenvalue weighted by Crippen LogP contribution is 2.30. The summed E-state index contributed by atoms with van der Waals surface area (Å²) in [6.45, 7) is 2.81. The third kappa shape index (κ3) is 37.6. The Balaban J connectivity index is 1.57. The van der Waals surface area contributed by atoms with Crippen molar-refractivity contribution < 1.29 is 64.6 Å². The number of carbonyl (C=O) groups excluding carboxylic acids is 1. The number of allylic oxidation sites excluding steroid dienone is 3. The van der Waals surface area contributed by atoms with Gasteiger partial charge in [0.25, 0.3) is 0 Å². The average Bonchev–Trinajstić information content (AvgIpc) is 3.46. The first-order chi connectivity index (χ1) is 39.6. The lowest BCUT2D eigenvalue weighted by atomic mass is 9.97. The van der Waals surface area contributed by atoms with Gasteiger partial charge >= 0.3 is 0 Å². The first-order valence-corrected chi connectivity index (χ1v) is 34.1. The summed E-state index contributed by atoms with van der Waals surface area (Å²) in [6, 6.07) is -0.910. The molecule has 0 radical (unpaired) electrons. The molecule has 0 saturated carbocycles. The van der Waals surface area contributed by atoms with E-state index in [2.05, 4.69) is 31.3 Å². The minimum Gasteiger partial charge on any atom is -0.394 e. The SMILES string of the molecule is CCCCCCCCCC/C=C\CCCCCCCCCCCCCCCCCCCCCCCCCC(=O)NC(COC1OC(CO)C(OC2OC(CO)C(O)C(O)C2O)C(O)C1O)C(O)/C=C/CCCCCCCCCCCC. The van der Waals surface area contributed by atoms with Crippen molar-refractivity contribution in [2.45, 2.75) is 376 Å². The van der Waals surface area contributed by atoms with E-state index in [9.17, 15) is 45.6 Å². The van der Waals surface area contributed by atoms with Crippen LogP contribution in [0.25, 0.3) is 0 Å². The van der Waals surface area contributed by atoms with E-state index in [1.807, 2.05) is 6.08 Å². The Labute approximate surface area is 494 Å². The summed E-state index contributed by atoms with van der Waals surface area (Å²) in [6.07, 6.45) is 48.3. The van der Waals surface area contributed by atoms with Crippen molar-refractivity contribution in [2.24, 2.45) is 0 Å². The van der Waals surface area contributed by atoms with E-state index in [4.69, 9.17) is 18.9 Å². The molecule has 14 heteroatoms. The molecule has 0 bridgehead atoms. The van der Waals surface area contributed by atoms with Crippen molar-refractivity contribution in [1.29, 1.82) is 0 Å². The van der Waals surface area contributed by atoms with Gasteiger partial charge in [0.15, 0.2) is 12.6 Å². The van der Waals surface area contributed by atoms with Crippen LogP contribution in [-0.2, 0) is 23.7 Å². The molecule has 2 rings (SSSR count). The standard InChI is InChI=1S/C67H127NO13/c1-3-5-7-9-11-13-15-17-18-19-20-21-22-23-24-25-26-27-28-29-30-31-32-33-34-35-36-37-38-39-41-43-45-47-49-51-59(72)68-55(56(71)50-48-46-44-42-40-16-14-12-10-8-6-4-2)54-78-66-64(77)62(75)65(58(53-70)80-66)81-67-63(76)61(74)60(73)57(52-69)79-67/h19-20,48,50,55-58,60-67,69-71,73-77H,3-18,21-47,49,51-54H2,1-2H3,(H,68,72)/b20-19-,50-48+. The van der Waals surface area contributed by atoms with E-state index in [0.717, 1.165) is 38.5 Å². The number of aliphatic hydroxyl groups excluding tert-OH is 8. The lowest BCUT2D eigenvalue weighted by Gasteiger charge is -2.46. The molecule has 12 atom stereocenters. The molecule has 2 saturated heterocycles. The number of unbranched alkanes of at least 4 members (excludes halogenated alkanes) is 41. The van der Waals surface area contributed by atoms with Gasteiger partial charge in [-0.1, -0.05) is 276 Å². The Kier molecular flexibility index (Phi) is 49.2. The molecule has 2 heterocycles. The molecule has 478 valence electrons. The fraction of sp³-hybridized carbons (Fsp3) is 0.925. The fourth-order valence-corrected chi connectivity index (χ4v) is 11.4. The smallest absolute Gasteiger partial charge is 0.220 e. The van der Waals surface area contributed by atoms with Crippen LogP contribution in [0.2, 0.25) is 0 Å². The lowest BCUT2D eigenvalue weighted by molar-refractivity contribution is -0.359. The Morgan fingerprint density at radius 2 is 0.778 bits per heavy atom. The van der Waals surface area contributed by atoms with Crippen LogP contribution in [0.15, 0.2) is 24.3 Å². The van der Waals surface area contributed by atoms with Gasteiger partial charge in [-0.2, -0.15) is 0 Å². The van der Waals surface area contributed by atoms with Crippen LogP contribution in [0.1, 0.15) is 303 Å². The van der Waals surface area contributed by atoms with Gasteiger partial charge in [0.05, 0.1) is 32.0 Å². The number of aliphatic hydroxyl groups is 8. The minimum atomic E-state index is -1.79. The molecule has 9 N–H and O–H groups in total. The molecule has 2 aliphatic rings. The summed E-state index contributed by atoms with van der Waals surface area (Å²) >= 11 is 0. The summed E-state index contributed by atoms with van der Waals surface area (Å²) in [7, 11) is 0. The zero-order chi connectivity index (χ0) is 58.8. The molecule has 14 nitrogen and oxygen atoms in total. The second-order valence-corrected chi connectivity index (χ2v) is 24.3. The molecule has 0 aromatic carbocycles. The van der Waals surface area contributed by atoms with Crippen LogP contribution in [0.3, 0.4) is 0 Å². The summed E-state index contributed by atoms with van der Waals surface area (Å²) in [5, 5.41) is 87.1. The number of carbonyl (C=O) groups is 1. The Bertz CT molecular complexity index is 1450. The monoisotopic (exact) mass is 1150 g/mol. The molecular weight excluding hydrogens is 1030 g/mol. The number of hydrogen-bond acceptors (Lipinski definition) is 13. The summed E-state index contributed by atoms with van der Waals surface area (Å²) < 4.78 is 22.8. The second-order valence-electron chi connectivity index (χ2n) is 24.3. The van der Waals surface area contributed by atoms with Crippen molar-refractivity contribution in [2.75, 3.05) is 19.8 Å². The largest absolute Gasteiger partial charge is 0.394 e. The van der Waals surface area contributed by atoms with Crippen LogP contribution in [0.5, 0.6) is 0 Å². The van der Waals surface area contributed by atoms with E-state index < -0.39 is 86.8 Å². The number of ether oxygens (including phenoxy) is 4. The highest BCUT2D eigenvalue weighted by atomic mass is 16.7. The van der Waals surface area contributed by atoms with Crippen LogP contribution in [-0.4, -0.2) is 140 Å². The maximum atomic E-state index is 13.3. The van der Waals surface area contributed by atoms with Crippen molar-refractivity contribution in [3.8, 4) is 0 Å². The molecule has 12 unspecified atom stereocenters. The van der Waals surface area contributed by atoms with E-state index in [0.29, 0.717) is 6.42 Å². The highest BCUT2D eigenvalue weighted by Gasteiger charge is 2.51. The molecule has 0 spiro atoms. The Morgan fingerprint density at radius 3 is 1.17 bits per heavy atom. The lowest BCUT2D eigenvalue weighted by Crippen LogP contribution is -2.65. The van der Waals surface area contributed by atoms with Crippen molar-refractivity contribution >= 4 is 5.91 Å². The highest BCUT2D eigenvalue weighted by molar-refractivity contribution is 5.76. The van der Waals surface area contributed by atoms with Gasteiger partial charge in [-0.3, -0.25) is 4.79 Å². The topological polar surface area (TPSA) is 228 Å². The van der Waals surface area contributed by atoms with E-state index in [1.54, 1.807) is 6.08 Å². The first-order valence-electron chi connectivity index (χ1n) is 34.1. The molecule has 0 aromatic rings. The summed E-state index contributed by atoms with van der Waals surface area (Å²) in [5.74, 6) is -0.235. The maximum absolute atomic E-state index is 13.3. The summed E-state index contributed by atoms with van der Waals surface area (Å²) in [5.41, 5.74) is 0. The van der Waals surface area contributed by atoms with Crippen molar-refractivity contribution in [1.82, 2.24) is 5.32 Å². The Hall–Kier alpha value is -1.53. The molecule has 2 aliphatic heterocycles. The predicted molar refractivity (Wildman–Crippen MR) is 328 cm³/mol. The van der Waals surface area contributed by atoms with E-state index in [-0.39, 0.29) is 18.9 Å². The zero-order valence-electron chi connectivity index (χ0n) is 51.8. The first kappa shape index (κ1) is 75.6. The fourth-order valence-electron chi connectivity index (χ4n) is 11.4. The Morgan fingerprint density at radius 1 is 0.432 bits per heavy atom. The predicted octanol–water partition coefficient (Wildman–Crippen LogP) is 13.2. The molecule has 0 aromatic heterocycles. The third-order valence-electron chi connectivity index (χ3n) is 16.9. The molecule has 81 heavy (non-hydrogen) atoms. The molecule has 0 aliphatic carbocycles. The number of rotatable bonds is 56. The number of nitrogens with one attached hydrogen (secondary N) is 1. The van der Waals surface area contributed by atoms with Gasteiger partial charge in [-0.05, 0) is 44.9 Å². The van der Waals surface area contributed by atoms with Gasteiger partial charge in [0, 0.05) is 6.42 Å². The van der Waals surface area contributed by atoms with Crippen LogP contribution in [0.4, 0.5) is 0 Å². The summed E-state index contributed by atoms with van der Waals surface area (Å²) in [4.78, 5) is 13.3. The minimum absolute atomic E-state index is 0.235. The number of hydrogen-bond donors (Lipinski definition) is 9. The molecule has 2 fully saturated rings. The van der Waals surface area contributed by atoms with Crippen LogP contribution < -0.4 is 5.32 Å². The molecule has 1 amide bonds. The van der Waals surface area contributed by atoms with Crippen LogP contribution in [0, 0.1) is 0 Å². The second kappa shape index (κ2) is 52.8. The maximum Gasteiger partial charge on any atom is 0.220 e. The van der Waals surface area contributed by atoms with E-state index in [1.165, 1.54) is 238 Å². The van der Waals surface area contributed by atoms with Crippen LogP contribution >= 0.6 is 0 Å². The molecular formula is C67H127NO13. The average molecular weight is 1150 g/mol. The van der Waals surface area contributed by atoms with Gasteiger partial charge in [-0.15, -0.1) is 0 Å².